The van der Waals surface area contributed by atoms with Gasteiger partial charge in [0.2, 0.25) is 0 Å². The molecule has 1 aliphatic heterocycles. The minimum Gasteiger partial charge on any atom is -0.406 e. The SMILES string of the molecule is O=C(c1ccc(OC(F)(F)F)cc1)N1CCC[C@@H]1CS(=O)(=O)c1ccccc1. The number of carbonyl (C=O) groups excluding carboxylic acids is 1. The molecule has 0 N–H and O–H groups in total. The number of hydrogen-bond donors (Lipinski definition) is 0. The van der Waals surface area contributed by atoms with Crippen LogP contribution in [0.2, 0.25) is 0 Å². The average molecular weight is 413 g/mol. The Morgan fingerprint density at radius 3 is 2.32 bits per heavy atom. The van der Waals surface area contributed by atoms with E-state index in [0.29, 0.717) is 19.4 Å². The number of carbonyl (C=O) groups is 1. The highest BCUT2D eigenvalue weighted by Crippen LogP contribution is 2.26. The third-order valence-corrected chi connectivity index (χ3v) is 6.30. The molecule has 1 fully saturated rings. The summed E-state index contributed by atoms with van der Waals surface area (Å²) in [6.45, 7) is 0.397. The van der Waals surface area contributed by atoms with E-state index in [4.69, 9.17) is 0 Å². The molecule has 0 spiro atoms. The van der Waals surface area contributed by atoms with Crippen molar-refractivity contribution >= 4 is 15.7 Å². The van der Waals surface area contributed by atoms with Crippen molar-refractivity contribution in [1.82, 2.24) is 4.90 Å². The Kier molecular flexibility index (Phi) is 5.64. The second-order valence-corrected chi connectivity index (χ2v) is 8.50. The van der Waals surface area contributed by atoms with Crippen LogP contribution >= 0.6 is 0 Å². The van der Waals surface area contributed by atoms with Gasteiger partial charge in [-0.25, -0.2) is 8.42 Å². The lowest BCUT2D eigenvalue weighted by Crippen LogP contribution is -2.39. The fraction of sp³-hybridized carbons (Fsp3) is 0.316. The standard InChI is InChI=1S/C19H18F3NO4S/c20-19(21,22)27-16-10-8-14(9-11-16)18(24)23-12-4-5-15(23)13-28(25,26)17-6-2-1-3-7-17/h1-3,6-11,15H,4-5,12-13H2/t15-/m1/s1. The summed E-state index contributed by atoms with van der Waals surface area (Å²) < 4.78 is 65.7. The maximum Gasteiger partial charge on any atom is 0.573 e. The van der Waals surface area contributed by atoms with Gasteiger partial charge < -0.3 is 9.64 Å². The van der Waals surface area contributed by atoms with E-state index in [0.717, 1.165) is 12.1 Å². The van der Waals surface area contributed by atoms with Gasteiger partial charge in [0.15, 0.2) is 9.84 Å². The van der Waals surface area contributed by atoms with Gasteiger partial charge in [0.25, 0.3) is 5.91 Å². The molecule has 1 amide bonds. The molecule has 1 saturated heterocycles. The lowest BCUT2D eigenvalue weighted by molar-refractivity contribution is -0.274. The van der Waals surface area contributed by atoms with Gasteiger partial charge in [0, 0.05) is 18.2 Å². The molecule has 2 aromatic rings. The number of rotatable bonds is 5. The molecular weight excluding hydrogens is 395 g/mol. The maximum absolute atomic E-state index is 12.7. The molecule has 0 saturated carbocycles. The Hall–Kier alpha value is -2.55. The quantitative estimate of drug-likeness (QED) is 0.751. The summed E-state index contributed by atoms with van der Waals surface area (Å²) in [4.78, 5) is 14.4. The van der Waals surface area contributed by atoms with Gasteiger partial charge in [0.05, 0.1) is 10.6 Å². The minimum atomic E-state index is -4.81. The van der Waals surface area contributed by atoms with Gasteiger partial charge in [-0.15, -0.1) is 13.2 Å². The van der Waals surface area contributed by atoms with Crippen LogP contribution < -0.4 is 4.74 Å². The fourth-order valence-corrected chi connectivity index (χ4v) is 4.84. The summed E-state index contributed by atoms with van der Waals surface area (Å²) in [7, 11) is -3.56. The van der Waals surface area contributed by atoms with Gasteiger partial charge in [-0.3, -0.25) is 4.79 Å². The van der Waals surface area contributed by atoms with Crippen molar-refractivity contribution in [1.29, 1.82) is 0 Å². The highest BCUT2D eigenvalue weighted by atomic mass is 32.2. The van der Waals surface area contributed by atoms with Crippen LogP contribution in [0, 0.1) is 0 Å². The summed E-state index contributed by atoms with van der Waals surface area (Å²) in [5, 5.41) is 0. The molecule has 28 heavy (non-hydrogen) atoms. The van der Waals surface area contributed by atoms with Crippen molar-refractivity contribution in [2.75, 3.05) is 12.3 Å². The zero-order chi connectivity index (χ0) is 20.4. The Labute approximate surface area is 160 Å². The third kappa shape index (κ3) is 4.83. The van der Waals surface area contributed by atoms with Crippen molar-refractivity contribution in [3.8, 4) is 5.75 Å². The fourth-order valence-electron chi connectivity index (χ4n) is 3.22. The van der Waals surface area contributed by atoms with Crippen molar-refractivity contribution in [2.45, 2.75) is 30.1 Å². The van der Waals surface area contributed by atoms with Gasteiger partial charge in [-0.1, -0.05) is 18.2 Å². The van der Waals surface area contributed by atoms with E-state index in [1.165, 1.54) is 29.2 Å². The summed E-state index contributed by atoms with van der Waals surface area (Å²) in [5.41, 5.74) is 0.179. The number of hydrogen-bond acceptors (Lipinski definition) is 4. The third-order valence-electron chi connectivity index (χ3n) is 4.49. The topological polar surface area (TPSA) is 63.7 Å². The zero-order valence-electron chi connectivity index (χ0n) is 14.7. The molecular formula is C19H18F3NO4S. The first-order valence-electron chi connectivity index (χ1n) is 8.60. The predicted molar refractivity (Wildman–Crippen MR) is 95.7 cm³/mol. The number of sulfone groups is 1. The van der Waals surface area contributed by atoms with Crippen molar-refractivity contribution < 1.29 is 31.1 Å². The number of likely N-dealkylation sites (tertiary alicyclic amines) is 1. The minimum absolute atomic E-state index is 0.179. The monoisotopic (exact) mass is 413 g/mol. The Bertz CT molecular complexity index is 928. The van der Waals surface area contributed by atoms with Crippen molar-refractivity contribution in [2.24, 2.45) is 0 Å². The molecule has 0 aromatic heterocycles. The van der Waals surface area contributed by atoms with E-state index in [-0.39, 0.29) is 16.2 Å². The zero-order valence-corrected chi connectivity index (χ0v) is 15.5. The predicted octanol–water partition coefficient (Wildman–Crippen LogP) is 3.66. The molecule has 150 valence electrons. The van der Waals surface area contributed by atoms with Gasteiger partial charge in [-0.05, 0) is 49.2 Å². The molecule has 1 atom stereocenters. The van der Waals surface area contributed by atoms with Crippen LogP contribution in [0.1, 0.15) is 23.2 Å². The van der Waals surface area contributed by atoms with Crippen LogP contribution in [0.3, 0.4) is 0 Å². The second kappa shape index (κ2) is 7.83. The first-order chi connectivity index (χ1) is 13.2. The molecule has 0 unspecified atom stereocenters. The molecule has 9 heteroatoms. The largest absolute Gasteiger partial charge is 0.573 e. The molecule has 3 rings (SSSR count). The number of benzene rings is 2. The van der Waals surface area contributed by atoms with Crippen LogP contribution in [0.5, 0.6) is 5.75 Å². The summed E-state index contributed by atoms with van der Waals surface area (Å²) in [6, 6.07) is 12.1. The Balaban J connectivity index is 1.73. The molecule has 1 heterocycles. The Morgan fingerprint density at radius 1 is 1.07 bits per heavy atom. The summed E-state index contributed by atoms with van der Waals surface area (Å²) in [5.74, 6) is -1.03. The van der Waals surface area contributed by atoms with E-state index in [1.807, 2.05) is 0 Å². The first-order valence-corrected chi connectivity index (χ1v) is 10.3. The number of alkyl halides is 3. The lowest BCUT2D eigenvalue weighted by atomic mass is 10.1. The highest BCUT2D eigenvalue weighted by Gasteiger charge is 2.34. The van der Waals surface area contributed by atoms with Crippen LogP contribution in [0.4, 0.5) is 13.2 Å². The van der Waals surface area contributed by atoms with Crippen molar-refractivity contribution in [3.63, 3.8) is 0 Å². The smallest absolute Gasteiger partial charge is 0.406 e. The number of amides is 1. The van der Waals surface area contributed by atoms with Crippen LogP contribution in [0.25, 0.3) is 0 Å². The van der Waals surface area contributed by atoms with Gasteiger partial charge in [0.1, 0.15) is 5.75 Å². The average Bonchev–Trinajstić information content (AvgIpc) is 3.08. The Morgan fingerprint density at radius 2 is 1.71 bits per heavy atom. The first kappa shape index (κ1) is 20.2. The van der Waals surface area contributed by atoms with E-state index in [9.17, 15) is 26.4 Å². The molecule has 2 aromatic carbocycles. The van der Waals surface area contributed by atoms with Crippen LogP contribution in [-0.2, 0) is 9.84 Å². The molecule has 5 nitrogen and oxygen atoms in total. The van der Waals surface area contributed by atoms with Gasteiger partial charge >= 0.3 is 6.36 Å². The normalized spacial score (nSPS) is 17.5. The lowest BCUT2D eigenvalue weighted by Gasteiger charge is -2.25. The summed E-state index contributed by atoms with van der Waals surface area (Å²) in [6.07, 6.45) is -3.60. The molecule has 0 radical (unpaired) electrons. The highest BCUT2D eigenvalue weighted by molar-refractivity contribution is 7.91. The number of nitrogens with zero attached hydrogens (tertiary/aromatic N) is 1. The number of ether oxygens (including phenoxy) is 1. The van der Waals surface area contributed by atoms with E-state index < -0.39 is 33.9 Å². The molecule has 0 bridgehead atoms. The molecule has 1 aliphatic rings. The molecule has 0 aliphatic carbocycles. The van der Waals surface area contributed by atoms with E-state index in [2.05, 4.69) is 4.74 Å². The second-order valence-electron chi connectivity index (χ2n) is 6.46. The van der Waals surface area contributed by atoms with Crippen LogP contribution in [-0.4, -0.2) is 43.9 Å². The van der Waals surface area contributed by atoms with Crippen molar-refractivity contribution in [3.05, 3.63) is 60.2 Å². The van der Waals surface area contributed by atoms with E-state index in [1.54, 1.807) is 18.2 Å². The van der Waals surface area contributed by atoms with E-state index >= 15 is 0 Å². The maximum atomic E-state index is 12.7. The summed E-state index contributed by atoms with van der Waals surface area (Å²) >= 11 is 0. The van der Waals surface area contributed by atoms with Gasteiger partial charge in [-0.2, -0.15) is 0 Å². The number of halogens is 3. The van der Waals surface area contributed by atoms with Crippen LogP contribution in [0.15, 0.2) is 59.5 Å².